The van der Waals surface area contributed by atoms with Crippen LogP contribution in [0.1, 0.15) is 15.9 Å². The van der Waals surface area contributed by atoms with Crippen LogP contribution in [-0.4, -0.2) is 18.2 Å². The molecule has 0 atom stereocenters. The van der Waals surface area contributed by atoms with E-state index in [-0.39, 0.29) is 10.4 Å². The lowest BCUT2D eigenvalue weighted by Gasteiger charge is -2.16. The largest absolute Gasteiger partial charge is 0.495 e. The average molecular weight is 332 g/mol. The van der Waals surface area contributed by atoms with Crippen LogP contribution in [-0.2, 0) is 6.18 Å². The smallest absolute Gasteiger partial charge is 0.420 e. The molecule has 0 aliphatic heterocycles. The Kier molecular flexibility index (Phi) is 4.43. The molecular weight excluding hydrogens is 324 g/mol. The maximum absolute atomic E-state index is 12.9. The summed E-state index contributed by atoms with van der Waals surface area (Å²) in [6.45, 7) is 0. The Hall–Kier alpha value is -0.750. The zero-order chi connectivity index (χ0) is 13.2. The zero-order valence-electron chi connectivity index (χ0n) is 8.57. The fourth-order valence-corrected chi connectivity index (χ4v) is 1.88. The van der Waals surface area contributed by atoms with E-state index in [0.717, 1.165) is 13.2 Å². The van der Waals surface area contributed by atoms with Gasteiger partial charge in [0.2, 0.25) is 0 Å². The predicted molar refractivity (Wildman–Crippen MR) is 61.1 cm³/mol. The first-order valence-electron chi connectivity index (χ1n) is 4.35. The first-order chi connectivity index (χ1) is 7.82. The number of alkyl halides is 4. The molecule has 0 heterocycles. The van der Waals surface area contributed by atoms with Crippen molar-refractivity contribution in [1.29, 1.82) is 0 Å². The molecule has 0 saturated carbocycles. The maximum Gasteiger partial charge on any atom is 0.420 e. The summed E-state index contributed by atoms with van der Waals surface area (Å²) in [5.41, 5.74) is -1.60. The third kappa shape index (κ3) is 2.93. The van der Waals surface area contributed by atoms with Crippen LogP contribution in [0.4, 0.5) is 13.2 Å². The maximum atomic E-state index is 12.9. The van der Waals surface area contributed by atoms with Crippen molar-refractivity contribution < 1.29 is 22.7 Å². The van der Waals surface area contributed by atoms with Crippen molar-refractivity contribution in [3.05, 3.63) is 28.3 Å². The van der Waals surface area contributed by atoms with E-state index in [4.69, 9.17) is 11.6 Å². The van der Waals surface area contributed by atoms with Crippen molar-refractivity contribution in [3.8, 4) is 5.75 Å². The number of benzene rings is 1. The summed E-state index contributed by atoms with van der Waals surface area (Å²) in [4.78, 5) is 11.4. The molecule has 7 heteroatoms. The van der Waals surface area contributed by atoms with E-state index < -0.39 is 28.8 Å². The minimum Gasteiger partial charge on any atom is -0.495 e. The standard InChI is InChI=1S/C10H7BrClF3O2/c1-17-9-6(12)3-2-5(7(16)4-11)8(9)10(13,14)15/h2-3H,4H2,1H3. The Morgan fingerprint density at radius 3 is 2.47 bits per heavy atom. The average Bonchev–Trinajstić information content (AvgIpc) is 2.26. The Morgan fingerprint density at radius 1 is 1.47 bits per heavy atom. The van der Waals surface area contributed by atoms with Crippen molar-refractivity contribution in [1.82, 2.24) is 0 Å². The molecule has 0 saturated heterocycles. The topological polar surface area (TPSA) is 26.3 Å². The summed E-state index contributed by atoms with van der Waals surface area (Å²) in [7, 11) is 1.07. The first kappa shape index (κ1) is 14.3. The molecule has 0 unspecified atom stereocenters. The van der Waals surface area contributed by atoms with Gasteiger partial charge in [0.25, 0.3) is 0 Å². The van der Waals surface area contributed by atoms with Crippen LogP contribution in [0.5, 0.6) is 5.75 Å². The number of Topliss-reactive ketones (excluding diaryl/α,β-unsaturated/α-hetero) is 1. The Balaban J connectivity index is 3.57. The fraction of sp³-hybridized carbons (Fsp3) is 0.300. The van der Waals surface area contributed by atoms with Crippen LogP contribution in [0.15, 0.2) is 12.1 Å². The van der Waals surface area contributed by atoms with Crippen LogP contribution in [0.2, 0.25) is 5.02 Å². The molecule has 0 aromatic heterocycles. The summed E-state index contributed by atoms with van der Waals surface area (Å²) in [5, 5.41) is -0.396. The molecule has 2 nitrogen and oxygen atoms in total. The Labute approximate surface area is 109 Å². The minimum absolute atomic E-state index is 0.189. The van der Waals surface area contributed by atoms with Gasteiger partial charge in [-0.2, -0.15) is 13.2 Å². The molecule has 1 rings (SSSR count). The molecule has 0 radical (unpaired) electrons. The van der Waals surface area contributed by atoms with Gasteiger partial charge in [0.15, 0.2) is 5.78 Å². The third-order valence-corrected chi connectivity index (χ3v) is 2.83. The summed E-state index contributed by atoms with van der Waals surface area (Å²) in [5.74, 6) is -1.22. The number of rotatable bonds is 3. The van der Waals surface area contributed by atoms with Gasteiger partial charge in [0, 0.05) is 5.56 Å². The van der Waals surface area contributed by atoms with E-state index in [1.165, 1.54) is 6.07 Å². The van der Waals surface area contributed by atoms with E-state index in [1.54, 1.807) is 0 Å². The number of ketones is 1. The molecule has 0 fully saturated rings. The van der Waals surface area contributed by atoms with E-state index >= 15 is 0 Å². The Morgan fingerprint density at radius 2 is 2.06 bits per heavy atom. The van der Waals surface area contributed by atoms with Gasteiger partial charge in [-0.1, -0.05) is 27.5 Å². The van der Waals surface area contributed by atoms with Crippen molar-refractivity contribution in [2.24, 2.45) is 0 Å². The molecule has 0 N–H and O–H groups in total. The second kappa shape index (κ2) is 5.27. The lowest BCUT2D eigenvalue weighted by Crippen LogP contribution is -2.15. The normalized spacial score (nSPS) is 11.4. The lowest BCUT2D eigenvalue weighted by molar-refractivity contribution is -0.139. The van der Waals surface area contributed by atoms with E-state index in [2.05, 4.69) is 20.7 Å². The van der Waals surface area contributed by atoms with Gasteiger partial charge in [-0.25, -0.2) is 0 Å². The molecule has 0 bridgehead atoms. The SMILES string of the molecule is COc1c(Cl)ccc(C(=O)CBr)c1C(F)(F)F. The van der Waals surface area contributed by atoms with Crippen LogP contribution >= 0.6 is 27.5 Å². The Bertz CT molecular complexity index is 446. The van der Waals surface area contributed by atoms with Crippen molar-refractivity contribution in [2.45, 2.75) is 6.18 Å². The molecule has 0 spiro atoms. The second-order valence-corrected chi connectivity index (χ2v) is 4.03. The monoisotopic (exact) mass is 330 g/mol. The highest BCUT2D eigenvalue weighted by atomic mass is 79.9. The van der Waals surface area contributed by atoms with Crippen LogP contribution in [0, 0.1) is 0 Å². The third-order valence-electron chi connectivity index (χ3n) is 2.02. The summed E-state index contributed by atoms with van der Waals surface area (Å²) < 4.78 is 43.2. The van der Waals surface area contributed by atoms with E-state index in [1.807, 2.05) is 0 Å². The second-order valence-electron chi connectivity index (χ2n) is 3.06. The van der Waals surface area contributed by atoms with Gasteiger partial charge in [-0.05, 0) is 12.1 Å². The van der Waals surface area contributed by atoms with Gasteiger partial charge < -0.3 is 4.74 Å². The quantitative estimate of drug-likeness (QED) is 0.619. The molecule has 17 heavy (non-hydrogen) atoms. The van der Waals surface area contributed by atoms with E-state index in [9.17, 15) is 18.0 Å². The number of hydrogen-bond acceptors (Lipinski definition) is 2. The highest BCUT2D eigenvalue weighted by molar-refractivity contribution is 9.09. The van der Waals surface area contributed by atoms with Crippen molar-refractivity contribution in [3.63, 3.8) is 0 Å². The predicted octanol–water partition coefficient (Wildman–Crippen LogP) is 3.95. The molecular formula is C10H7BrClF3O2. The first-order valence-corrected chi connectivity index (χ1v) is 5.85. The number of halogens is 5. The zero-order valence-corrected chi connectivity index (χ0v) is 10.9. The highest BCUT2D eigenvalue weighted by Crippen LogP contribution is 2.42. The van der Waals surface area contributed by atoms with Gasteiger partial charge in [0.05, 0.1) is 17.5 Å². The molecule has 0 aliphatic rings. The van der Waals surface area contributed by atoms with Crippen LogP contribution in [0.3, 0.4) is 0 Å². The number of ether oxygens (including phenoxy) is 1. The summed E-state index contributed by atoms with van der Waals surface area (Å²) in [6.07, 6.45) is -4.70. The molecule has 0 amide bonds. The van der Waals surface area contributed by atoms with Gasteiger partial charge >= 0.3 is 6.18 Å². The molecule has 1 aromatic rings. The van der Waals surface area contributed by atoms with Crippen LogP contribution in [0.25, 0.3) is 0 Å². The van der Waals surface area contributed by atoms with Crippen molar-refractivity contribution in [2.75, 3.05) is 12.4 Å². The van der Waals surface area contributed by atoms with Gasteiger partial charge in [-0.3, -0.25) is 4.79 Å². The van der Waals surface area contributed by atoms with Crippen LogP contribution < -0.4 is 4.74 Å². The summed E-state index contributed by atoms with van der Waals surface area (Å²) in [6, 6.07) is 2.24. The van der Waals surface area contributed by atoms with E-state index in [0.29, 0.717) is 0 Å². The minimum atomic E-state index is -4.70. The number of hydrogen-bond donors (Lipinski definition) is 0. The highest BCUT2D eigenvalue weighted by Gasteiger charge is 2.39. The molecule has 94 valence electrons. The lowest BCUT2D eigenvalue weighted by atomic mass is 10.0. The number of carbonyl (C=O) groups is 1. The molecule has 1 aromatic carbocycles. The van der Waals surface area contributed by atoms with Gasteiger partial charge in [-0.15, -0.1) is 0 Å². The molecule has 0 aliphatic carbocycles. The van der Waals surface area contributed by atoms with Crippen molar-refractivity contribution >= 4 is 33.3 Å². The fourth-order valence-electron chi connectivity index (χ4n) is 1.34. The summed E-state index contributed by atoms with van der Waals surface area (Å²) >= 11 is 8.43. The van der Waals surface area contributed by atoms with Gasteiger partial charge in [0.1, 0.15) is 11.3 Å². The number of carbonyl (C=O) groups excluding carboxylic acids is 1. The number of methoxy groups -OCH3 is 1.